The van der Waals surface area contributed by atoms with Crippen LogP contribution in [0.3, 0.4) is 0 Å². The van der Waals surface area contributed by atoms with Gasteiger partial charge in [-0.3, -0.25) is 4.79 Å². The Labute approximate surface area is 122 Å². The molecule has 0 unspecified atom stereocenters. The summed E-state index contributed by atoms with van der Waals surface area (Å²) in [6.45, 7) is 0. The van der Waals surface area contributed by atoms with Crippen LogP contribution < -0.4 is 0 Å². The molecule has 3 aromatic rings. The van der Waals surface area contributed by atoms with E-state index in [1.807, 2.05) is 36.4 Å². The normalized spacial score (nSPS) is 10.3. The molecule has 0 N–H and O–H groups in total. The third kappa shape index (κ3) is 2.75. The molecule has 0 radical (unpaired) electrons. The van der Waals surface area contributed by atoms with Crippen molar-refractivity contribution in [3.63, 3.8) is 0 Å². The molecule has 2 heteroatoms. The minimum absolute atomic E-state index is 0.0598. The van der Waals surface area contributed by atoms with E-state index in [0.29, 0.717) is 16.7 Å². The van der Waals surface area contributed by atoms with Gasteiger partial charge in [0.25, 0.3) is 0 Å². The van der Waals surface area contributed by atoms with Crippen molar-refractivity contribution in [3.8, 4) is 11.1 Å². The van der Waals surface area contributed by atoms with Crippen LogP contribution in [0, 0.1) is 5.82 Å². The Morgan fingerprint density at radius 1 is 0.762 bits per heavy atom. The van der Waals surface area contributed by atoms with Gasteiger partial charge in [0.1, 0.15) is 5.82 Å². The van der Waals surface area contributed by atoms with Gasteiger partial charge in [0.05, 0.1) is 0 Å². The van der Waals surface area contributed by atoms with Gasteiger partial charge in [-0.15, -0.1) is 0 Å². The van der Waals surface area contributed by atoms with Crippen LogP contribution in [0.1, 0.15) is 15.9 Å². The van der Waals surface area contributed by atoms with Crippen molar-refractivity contribution < 1.29 is 9.18 Å². The Hall–Kier alpha value is -2.74. The van der Waals surface area contributed by atoms with Crippen LogP contribution in [0.25, 0.3) is 11.1 Å². The fourth-order valence-electron chi connectivity index (χ4n) is 2.33. The number of benzene rings is 3. The molecule has 0 bridgehead atoms. The average molecular weight is 276 g/mol. The molecule has 102 valence electrons. The van der Waals surface area contributed by atoms with Gasteiger partial charge < -0.3 is 0 Å². The Bertz CT molecular complexity index is 778. The molecular formula is C19H13FO. The second-order valence-electron chi connectivity index (χ2n) is 4.75. The smallest absolute Gasteiger partial charge is 0.193 e. The molecule has 0 atom stereocenters. The van der Waals surface area contributed by atoms with Crippen molar-refractivity contribution in [3.05, 3.63) is 95.8 Å². The molecule has 0 saturated carbocycles. The summed E-state index contributed by atoms with van der Waals surface area (Å²) in [5.74, 6) is -0.370. The van der Waals surface area contributed by atoms with E-state index in [-0.39, 0.29) is 11.6 Å². The molecule has 0 aliphatic heterocycles. The maximum absolute atomic E-state index is 13.4. The van der Waals surface area contributed by atoms with Crippen LogP contribution in [-0.4, -0.2) is 5.78 Å². The number of carbonyl (C=O) groups excluding carboxylic acids is 1. The molecule has 0 amide bonds. The lowest BCUT2D eigenvalue weighted by Crippen LogP contribution is -2.03. The average Bonchev–Trinajstić information content (AvgIpc) is 2.55. The van der Waals surface area contributed by atoms with Gasteiger partial charge >= 0.3 is 0 Å². The van der Waals surface area contributed by atoms with E-state index in [0.717, 1.165) is 5.56 Å². The molecular weight excluding hydrogens is 263 g/mol. The minimum atomic E-state index is -0.311. The van der Waals surface area contributed by atoms with E-state index in [2.05, 4.69) is 0 Å². The zero-order valence-corrected chi connectivity index (χ0v) is 11.3. The second kappa shape index (κ2) is 5.71. The van der Waals surface area contributed by atoms with Crippen molar-refractivity contribution in [2.75, 3.05) is 0 Å². The first-order valence-corrected chi connectivity index (χ1v) is 6.70. The highest BCUT2D eigenvalue weighted by Gasteiger charge is 2.14. The van der Waals surface area contributed by atoms with Gasteiger partial charge in [-0.2, -0.15) is 0 Å². The summed E-state index contributed by atoms with van der Waals surface area (Å²) in [4.78, 5) is 12.6. The highest BCUT2D eigenvalue weighted by atomic mass is 19.1. The van der Waals surface area contributed by atoms with Gasteiger partial charge in [0.2, 0.25) is 0 Å². The van der Waals surface area contributed by atoms with E-state index in [1.54, 1.807) is 30.3 Å². The Balaban J connectivity index is 2.11. The minimum Gasteiger partial charge on any atom is -0.289 e. The summed E-state index contributed by atoms with van der Waals surface area (Å²) in [5.41, 5.74) is 2.65. The molecule has 0 heterocycles. The predicted molar refractivity (Wildman–Crippen MR) is 81.7 cm³/mol. The summed E-state index contributed by atoms with van der Waals surface area (Å²) in [6, 6.07) is 22.7. The van der Waals surface area contributed by atoms with Crippen LogP contribution in [0.5, 0.6) is 0 Å². The molecule has 0 fully saturated rings. The van der Waals surface area contributed by atoms with E-state index in [9.17, 15) is 9.18 Å². The Morgan fingerprint density at radius 2 is 1.48 bits per heavy atom. The first kappa shape index (κ1) is 13.3. The number of ketones is 1. The third-order valence-corrected chi connectivity index (χ3v) is 3.34. The van der Waals surface area contributed by atoms with Crippen molar-refractivity contribution >= 4 is 5.78 Å². The van der Waals surface area contributed by atoms with Crippen molar-refractivity contribution in [1.29, 1.82) is 0 Å². The van der Waals surface area contributed by atoms with Crippen molar-refractivity contribution in [2.45, 2.75) is 0 Å². The van der Waals surface area contributed by atoms with Crippen molar-refractivity contribution in [1.82, 2.24) is 0 Å². The van der Waals surface area contributed by atoms with Crippen LogP contribution >= 0.6 is 0 Å². The number of hydrogen-bond donors (Lipinski definition) is 0. The molecule has 0 aliphatic carbocycles. The Morgan fingerprint density at radius 3 is 2.24 bits per heavy atom. The molecule has 1 nitrogen and oxygen atoms in total. The van der Waals surface area contributed by atoms with E-state index >= 15 is 0 Å². The second-order valence-corrected chi connectivity index (χ2v) is 4.75. The number of carbonyl (C=O) groups is 1. The molecule has 0 spiro atoms. The maximum Gasteiger partial charge on any atom is 0.193 e. The van der Waals surface area contributed by atoms with Crippen molar-refractivity contribution in [2.24, 2.45) is 0 Å². The monoisotopic (exact) mass is 276 g/mol. The summed E-state index contributed by atoms with van der Waals surface area (Å²) < 4.78 is 13.4. The largest absolute Gasteiger partial charge is 0.289 e. The summed E-state index contributed by atoms with van der Waals surface area (Å²) in [6.07, 6.45) is 0. The van der Waals surface area contributed by atoms with Crippen LogP contribution in [0.15, 0.2) is 78.9 Å². The maximum atomic E-state index is 13.4. The zero-order valence-electron chi connectivity index (χ0n) is 11.3. The highest BCUT2D eigenvalue weighted by Crippen LogP contribution is 2.26. The van der Waals surface area contributed by atoms with Crippen LogP contribution in [0.4, 0.5) is 4.39 Å². The summed E-state index contributed by atoms with van der Waals surface area (Å²) in [7, 11) is 0. The van der Waals surface area contributed by atoms with Gasteiger partial charge in [0.15, 0.2) is 5.78 Å². The standard InChI is InChI=1S/C19H13FO/c20-16-10-6-9-15(13-16)17-11-4-5-12-18(17)19(21)14-7-2-1-3-8-14/h1-13H. The van der Waals surface area contributed by atoms with Crippen LogP contribution in [0.2, 0.25) is 0 Å². The predicted octanol–water partition coefficient (Wildman–Crippen LogP) is 4.72. The molecule has 0 aliphatic rings. The first-order valence-electron chi connectivity index (χ1n) is 6.70. The Kier molecular flexibility index (Phi) is 3.61. The van der Waals surface area contributed by atoms with E-state index < -0.39 is 0 Å². The fourth-order valence-corrected chi connectivity index (χ4v) is 2.33. The topological polar surface area (TPSA) is 17.1 Å². The number of rotatable bonds is 3. The lowest BCUT2D eigenvalue weighted by molar-refractivity contribution is 0.103. The first-order chi connectivity index (χ1) is 10.3. The molecule has 21 heavy (non-hydrogen) atoms. The van der Waals surface area contributed by atoms with Crippen LogP contribution in [-0.2, 0) is 0 Å². The van der Waals surface area contributed by atoms with Gasteiger partial charge in [-0.25, -0.2) is 4.39 Å². The molecule has 0 aromatic heterocycles. The number of hydrogen-bond acceptors (Lipinski definition) is 1. The summed E-state index contributed by atoms with van der Waals surface area (Å²) >= 11 is 0. The molecule has 3 rings (SSSR count). The summed E-state index contributed by atoms with van der Waals surface area (Å²) in [5, 5.41) is 0. The zero-order chi connectivity index (χ0) is 14.7. The quantitative estimate of drug-likeness (QED) is 0.632. The van der Waals surface area contributed by atoms with Gasteiger partial charge in [0, 0.05) is 11.1 Å². The number of halogens is 1. The van der Waals surface area contributed by atoms with E-state index in [1.165, 1.54) is 12.1 Å². The molecule has 3 aromatic carbocycles. The SMILES string of the molecule is O=C(c1ccccc1)c1ccccc1-c1cccc(F)c1. The highest BCUT2D eigenvalue weighted by molar-refractivity contribution is 6.12. The lowest BCUT2D eigenvalue weighted by atomic mass is 9.94. The molecule has 0 saturated heterocycles. The van der Waals surface area contributed by atoms with Gasteiger partial charge in [-0.05, 0) is 23.3 Å². The lowest BCUT2D eigenvalue weighted by Gasteiger charge is -2.09. The fraction of sp³-hybridized carbons (Fsp3) is 0. The third-order valence-electron chi connectivity index (χ3n) is 3.34. The van der Waals surface area contributed by atoms with E-state index in [4.69, 9.17) is 0 Å². The van der Waals surface area contributed by atoms with Gasteiger partial charge in [-0.1, -0.05) is 66.7 Å².